The van der Waals surface area contributed by atoms with Gasteiger partial charge in [-0.3, -0.25) is 9.69 Å². The number of aromatic amines is 1. The van der Waals surface area contributed by atoms with E-state index < -0.39 is 0 Å². The van der Waals surface area contributed by atoms with Crippen molar-refractivity contribution in [3.63, 3.8) is 0 Å². The number of nitrogens with zero attached hydrogens (tertiary/aromatic N) is 3. The minimum absolute atomic E-state index is 0.0289. The molecule has 30 heavy (non-hydrogen) atoms. The van der Waals surface area contributed by atoms with Gasteiger partial charge in [0, 0.05) is 62.4 Å². The summed E-state index contributed by atoms with van der Waals surface area (Å²) in [4.78, 5) is 25.1. The highest BCUT2D eigenvalue weighted by Gasteiger charge is 2.20. The van der Waals surface area contributed by atoms with Gasteiger partial charge in [0.25, 0.3) is 0 Å². The second-order valence-corrected chi connectivity index (χ2v) is 7.73. The Labute approximate surface area is 177 Å². The van der Waals surface area contributed by atoms with Gasteiger partial charge in [-0.2, -0.15) is 0 Å². The Bertz CT molecular complexity index is 932. The first kappa shape index (κ1) is 20.2. The molecule has 1 amide bonds. The number of H-pyrrole nitrogens is 1. The van der Waals surface area contributed by atoms with Crippen LogP contribution in [0, 0.1) is 0 Å². The van der Waals surface area contributed by atoms with E-state index >= 15 is 0 Å². The summed E-state index contributed by atoms with van der Waals surface area (Å²) in [6, 6.07) is 20.5. The van der Waals surface area contributed by atoms with Crippen molar-refractivity contribution in [1.29, 1.82) is 0 Å². The van der Waals surface area contributed by atoms with Gasteiger partial charge >= 0.3 is 0 Å². The van der Waals surface area contributed by atoms with Crippen LogP contribution in [0.1, 0.15) is 18.5 Å². The number of piperazine rings is 1. The van der Waals surface area contributed by atoms with Gasteiger partial charge in [0.2, 0.25) is 5.91 Å². The summed E-state index contributed by atoms with van der Waals surface area (Å²) in [5, 5.41) is 3.08. The minimum Gasteiger partial charge on any atom is -0.369 e. The minimum atomic E-state index is -0.259. The molecule has 1 aliphatic rings. The fourth-order valence-electron chi connectivity index (χ4n) is 3.80. The molecule has 1 saturated heterocycles. The molecule has 4 rings (SSSR count). The Morgan fingerprint density at radius 2 is 1.70 bits per heavy atom. The molecule has 6 heteroatoms. The predicted octanol–water partition coefficient (Wildman–Crippen LogP) is 3.12. The van der Waals surface area contributed by atoms with Gasteiger partial charge in [0.15, 0.2) is 0 Å². The van der Waals surface area contributed by atoms with E-state index in [-0.39, 0.29) is 11.8 Å². The summed E-state index contributed by atoms with van der Waals surface area (Å²) in [6.45, 7) is 7.52. The van der Waals surface area contributed by atoms with Crippen molar-refractivity contribution in [2.24, 2.45) is 0 Å². The zero-order valence-electron chi connectivity index (χ0n) is 17.4. The Balaban J connectivity index is 1.21. The number of para-hydroxylation sites is 1. The van der Waals surface area contributed by atoms with Crippen molar-refractivity contribution >= 4 is 11.6 Å². The van der Waals surface area contributed by atoms with E-state index in [9.17, 15) is 4.79 Å². The zero-order chi connectivity index (χ0) is 20.8. The van der Waals surface area contributed by atoms with Gasteiger partial charge in [0.05, 0.1) is 5.92 Å². The van der Waals surface area contributed by atoms with E-state index in [4.69, 9.17) is 0 Å². The molecule has 0 saturated carbocycles. The lowest BCUT2D eigenvalue weighted by Crippen LogP contribution is -2.48. The quantitative estimate of drug-likeness (QED) is 0.636. The molecule has 1 atom stereocenters. The molecule has 1 fully saturated rings. The molecule has 0 aliphatic carbocycles. The first-order chi connectivity index (χ1) is 14.7. The molecular weight excluding hydrogens is 374 g/mol. The molecule has 6 nitrogen and oxygen atoms in total. The lowest BCUT2D eigenvalue weighted by Gasteiger charge is -2.36. The summed E-state index contributed by atoms with van der Waals surface area (Å²) in [7, 11) is 0. The highest BCUT2D eigenvalue weighted by Crippen LogP contribution is 2.19. The van der Waals surface area contributed by atoms with Crippen LogP contribution in [0.15, 0.2) is 66.9 Å². The van der Waals surface area contributed by atoms with E-state index in [2.05, 4.69) is 55.4 Å². The monoisotopic (exact) mass is 403 g/mol. The molecule has 1 unspecified atom stereocenters. The number of rotatable bonds is 7. The van der Waals surface area contributed by atoms with Crippen molar-refractivity contribution in [3.05, 3.63) is 72.6 Å². The Hall–Kier alpha value is -3.12. The van der Waals surface area contributed by atoms with Gasteiger partial charge < -0.3 is 15.2 Å². The third-order valence-corrected chi connectivity index (χ3v) is 5.72. The molecule has 3 aromatic rings. The van der Waals surface area contributed by atoms with E-state index in [1.807, 2.05) is 37.3 Å². The summed E-state index contributed by atoms with van der Waals surface area (Å²) >= 11 is 0. The predicted molar refractivity (Wildman–Crippen MR) is 121 cm³/mol. The van der Waals surface area contributed by atoms with Gasteiger partial charge in [-0.1, -0.05) is 48.5 Å². The van der Waals surface area contributed by atoms with Crippen LogP contribution < -0.4 is 10.2 Å². The molecule has 2 aromatic carbocycles. The molecular formula is C24H29N5O. The van der Waals surface area contributed by atoms with E-state index in [0.29, 0.717) is 6.54 Å². The maximum atomic E-state index is 12.6. The van der Waals surface area contributed by atoms with Crippen LogP contribution in [0.4, 0.5) is 5.69 Å². The summed E-state index contributed by atoms with van der Waals surface area (Å²) < 4.78 is 0. The number of amides is 1. The zero-order valence-corrected chi connectivity index (χ0v) is 17.4. The summed E-state index contributed by atoms with van der Waals surface area (Å²) in [6.07, 6.45) is 1.76. The number of hydrogen-bond donors (Lipinski definition) is 2. The third-order valence-electron chi connectivity index (χ3n) is 5.72. The van der Waals surface area contributed by atoms with E-state index in [0.717, 1.165) is 49.8 Å². The average Bonchev–Trinajstić information content (AvgIpc) is 3.30. The fraction of sp³-hybridized carbons (Fsp3) is 0.333. The summed E-state index contributed by atoms with van der Waals surface area (Å²) in [5.41, 5.74) is 3.14. The maximum absolute atomic E-state index is 12.6. The Kier molecular flexibility index (Phi) is 6.44. The number of aromatic nitrogens is 2. The number of carbonyl (C=O) groups is 1. The lowest BCUT2D eigenvalue weighted by molar-refractivity contribution is -0.122. The number of imidazole rings is 1. The van der Waals surface area contributed by atoms with Crippen LogP contribution in [0.3, 0.4) is 0 Å². The van der Waals surface area contributed by atoms with Crippen LogP contribution >= 0.6 is 0 Å². The number of carbonyl (C=O) groups excluding carboxylic acids is 1. The standard InChI is InChI=1S/C24H29N5O/c1-19(22-18-26-23(27-22)20-8-4-2-5-9-20)24(30)25-12-13-28-14-16-29(17-15-28)21-10-6-3-7-11-21/h2-11,18-19H,12-17H2,1H3,(H,25,30)(H,26,27). The Morgan fingerprint density at radius 3 is 2.40 bits per heavy atom. The lowest BCUT2D eigenvalue weighted by atomic mass is 10.1. The smallest absolute Gasteiger partial charge is 0.228 e. The van der Waals surface area contributed by atoms with Gasteiger partial charge in [0.1, 0.15) is 5.82 Å². The number of hydrogen-bond acceptors (Lipinski definition) is 4. The molecule has 1 aromatic heterocycles. The van der Waals surface area contributed by atoms with Crippen LogP contribution in [0.25, 0.3) is 11.4 Å². The average molecular weight is 404 g/mol. The SMILES string of the molecule is CC(C(=O)NCCN1CCN(c2ccccc2)CC1)c1cnc(-c2ccccc2)[nH]1. The van der Waals surface area contributed by atoms with Crippen LogP contribution in [-0.2, 0) is 4.79 Å². The van der Waals surface area contributed by atoms with Crippen LogP contribution in [0.5, 0.6) is 0 Å². The summed E-state index contributed by atoms with van der Waals surface area (Å²) in [5.74, 6) is 0.563. The third kappa shape index (κ3) is 4.89. The van der Waals surface area contributed by atoms with Gasteiger partial charge in [-0.05, 0) is 19.1 Å². The van der Waals surface area contributed by atoms with E-state index in [1.54, 1.807) is 6.20 Å². The molecule has 156 valence electrons. The van der Waals surface area contributed by atoms with Crippen LogP contribution in [0.2, 0.25) is 0 Å². The largest absolute Gasteiger partial charge is 0.369 e. The number of benzene rings is 2. The highest BCUT2D eigenvalue weighted by atomic mass is 16.1. The maximum Gasteiger partial charge on any atom is 0.228 e. The second-order valence-electron chi connectivity index (χ2n) is 7.73. The first-order valence-electron chi connectivity index (χ1n) is 10.6. The molecule has 1 aliphatic heterocycles. The normalized spacial score (nSPS) is 15.7. The second kappa shape index (κ2) is 9.59. The molecule has 0 bridgehead atoms. The topological polar surface area (TPSA) is 64.3 Å². The van der Waals surface area contributed by atoms with Crippen LogP contribution in [-0.4, -0.2) is 60.0 Å². The Morgan fingerprint density at radius 1 is 1.03 bits per heavy atom. The number of nitrogens with one attached hydrogen (secondary N) is 2. The fourth-order valence-corrected chi connectivity index (χ4v) is 3.80. The van der Waals surface area contributed by atoms with Gasteiger partial charge in [-0.15, -0.1) is 0 Å². The van der Waals surface area contributed by atoms with Gasteiger partial charge in [-0.25, -0.2) is 4.98 Å². The molecule has 0 radical (unpaired) electrons. The number of anilines is 1. The van der Waals surface area contributed by atoms with E-state index in [1.165, 1.54) is 5.69 Å². The highest BCUT2D eigenvalue weighted by molar-refractivity contribution is 5.82. The van der Waals surface area contributed by atoms with Crippen molar-refractivity contribution in [2.75, 3.05) is 44.2 Å². The first-order valence-corrected chi connectivity index (χ1v) is 10.6. The molecule has 2 N–H and O–H groups in total. The molecule has 0 spiro atoms. The van der Waals surface area contributed by atoms with Crippen molar-refractivity contribution < 1.29 is 4.79 Å². The van der Waals surface area contributed by atoms with Crippen molar-refractivity contribution in [2.45, 2.75) is 12.8 Å². The van der Waals surface area contributed by atoms with Crippen molar-refractivity contribution in [1.82, 2.24) is 20.2 Å². The molecule has 2 heterocycles. The van der Waals surface area contributed by atoms with Crippen molar-refractivity contribution in [3.8, 4) is 11.4 Å².